The highest BCUT2D eigenvalue weighted by Crippen LogP contribution is 2.16. The predicted octanol–water partition coefficient (Wildman–Crippen LogP) is 1.05. The van der Waals surface area contributed by atoms with Gasteiger partial charge in [0.25, 0.3) is 0 Å². The van der Waals surface area contributed by atoms with Gasteiger partial charge in [0.15, 0.2) is 0 Å². The number of rotatable bonds is 6. The van der Waals surface area contributed by atoms with Crippen LogP contribution < -0.4 is 5.32 Å². The van der Waals surface area contributed by atoms with E-state index in [4.69, 9.17) is 4.74 Å². The van der Waals surface area contributed by atoms with Crippen LogP contribution in [0, 0.1) is 0 Å². The predicted molar refractivity (Wildman–Crippen MR) is 109 cm³/mol. The van der Waals surface area contributed by atoms with Gasteiger partial charge in [0.2, 0.25) is 11.8 Å². The van der Waals surface area contributed by atoms with E-state index in [9.17, 15) is 9.59 Å². The molecule has 2 aliphatic heterocycles. The van der Waals surface area contributed by atoms with Crippen molar-refractivity contribution in [3.05, 3.63) is 29.8 Å². The fraction of sp³-hybridized carbons (Fsp3) is 0.619. The summed E-state index contributed by atoms with van der Waals surface area (Å²) < 4.78 is 5.33. The highest BCUT2D eigenvalue weighted by molar-refractivity contribution is 5.93. The van der Waals surface area contributed by atoms with Gasteiger partial charge in [0, 0.05) is 45.0 Å². The lowest BCUT2D eigenvalue weighted by Crippen LogP contribution is -2.56. The van der Waals surface area contributed by atoms with Gasteiger partial charge in [-0.1, -0.05) is 25.1 Å². The number of hydrogen-bond acceptors (Lipinski definition) is 5. The third kappa shape index (κ3) is 5.31. The van der Waals surface area contributed by atoms with Crippen molar-refractivity contribution in [1.29, 1.82) is 0 Å². The number of carbonyl (C=O) groups is 2. The van der Waals surface area contributed by atoms with Gasteiger partial charge in [-0.15, -0.1) is 0 Å². The highest BCUT2D eigenvalue weighted by Gasteiger charge is 2.29. The molecule has 3 rings (SSSR count). The summed E-state index contributed by atoms with van der Waals surface area (Å²) in [5.74, 6) is 0.206. The molecule has 2 amide bonds. The topological polar surface area (TPSA) is 65.1 Å². The first-order chi connectivity index (χ1) is 13.6. The lowest BCUT2D eigenvalue weighted by atomic mass is 10.1. The Hall–Kier alpha value is -1.96. The molecule has 2 fully saturated rings. The van der Waals surface area contributed by atoms with E-state index in [0.29, 0.717) is 32.8 Å². The number of piperazine rings is 1. The zero-order chi connectivity index (χ0) is 19.9. The molecule has 2 heterocycles. The number of morpholine rings is 1. The van der Waals surface area contributed by atoms with E-state index in [0.717, 1.165) is 43.9 Å². The molecule has 1 atom stereocenters. The first kappa shape index (κ1) is 20.8. The van der Waals surface area contributed by atoms with Gasteiger partial charge < -0.3 is 15.0 Å². The Morgan fingerprint density at radius 3 is 2.43 bits per heavy atom. The van der Waals surface area contributed by atoms with Crippen molar-refractivity contribution in [1.82, 2.24) is 14.7 Å². The third-order valence-electron chi connectivity index (χ3n) is 5.67. The Kier molecular flexibility index (Phi) is 7.42. The second kappa shape index (κ2) is 10.0. The SMILES string of the molecule is CCc1ccccc1NC(=O)CN1CCN(C(C)C(=O)N2CCOCC2)CC1. The summed E-state index contributed by atoms with van der Waals surface area (Å²) in [4.78, 5) is 31.4. The minimum absolute atomic E-state index is 0.0202. The van der Waals surface area contributed by atoms with Gasteiger partial charge in [0.05, 0.1) is 25.8 Å². The maximum absolute atomic E-state index is 12.7. The molecule has 154 valence electrons. The van der Waals surface area contributed by atoms with Gasteiger partial charge in [-0.25, -0.2) is 0 Å². The Morgan fingerprint density at radius 2 is 1.75 bits per heavy atom. The summed E-state index contributed by atoms with van der Waals surface area (Å²) in [6.07, 6.45) is 0.893. The first-order valence-electron chi connectivity index (χ1n) is 10.3. The molecule has 1 aromatic rings. The molecule has 0 spiro atoms. The third-order valence-corrected chi connectivity index (χ3v) is 5.67. The molecule has 7 heteroatoms. The number of anilines is 1. The van der Waals surface area contributed by atoms with Crippen molar-refractivity contribution in [2.75, 3.05) is 64.3 Å². The lowest BCUT2D eigenvalue weighted by Gasteiger charge is -2.39. The van der Waals surface area contributed by atoms with Crippen LogP contribution >= 0.6 is 0 Å². The van der Waals surface area contributed by atoms with Crippen molar-refractivity contribution in [2.45, 2.75) is 26.3 Å². The molecule has 2 aliphatic rings. The normalized spacial score (nSPS) is 20.0. The van der Waals surface area contributed by atoms with Crippen molar-refractivity contribution in [2.24, 2.45) is 0 Å². The molecule has 0 radical (unpaired) electrons. The van der Waals surface area contributed by atoms with Crippen LogP contribution in [0.25, 0.3) is 0 Å². The Balaban J connectivity index is 1.44. The van der Waals surface area contributed by atoms with Crippen LogP contribution in [0.4, 0.5) is 5.69 Å². The van der Waals surface area contributed by atoms with Crippen molar-refractivity contribution in [3.8, 4) is 0 Å². The summed E-state index contributed by atoms with van der Waals surface area (Å²) in [6.45, 7) is 10.3. The molecule has 1 unspecified atom stereocenters. The van der Waals surface area contributed by atoms with Crippen LogP contribution in [-0.4, -0.2) is 91.6 Å². The standard InChI is InChI=1S/C21H32N4O3/c1-3-18-6-4-5-7-19(18)22-20(26)16-23-8-10-24(11-9-23)17(2)21(27)25-12-14-28-15-13-25/h4-7,17H,3,8-16H2,1-2H3,(H,22,26). The first-order valence-corrected chi connectivity index (χ1v) is 10.3. The maximum atomic E-state index is 12.7. The molecular weight excluding hydrogens is 356 g/mol. The summed E-state index contributed by atoms with van der Waals surface area (Å²) in [7, 11) is 0. The van der Waals surface area contributed by atoms with Crippen LogP contribution in [-0.2, 0) is 20.7 Å². The molecule has 1 N–H and O–H groups in total. The highest BCUT2D eigenvalue weighted by atomic mass is 16.5. The molecule has 1 aromatic carbocycles. The van der Waals surface area contributed by atoms with Gasteiger partial charge >= 0.3 is 0 Å². The number of amides is 2. The number of hydrogen-bond donors (Lipinski definition) is 1. The average Bonchev–Trinajstić information content (AvgIpc) is 2.74. The number of nitrogens with zero attached hydrogens (tertiary/aromatic N) is 3. The molecular formula is C21H32N4O3. The van der Waals surface area contributed by atoms with Gasteiger partial charge in [-0.2, -0.15) is 0 Å². The number of benzene rings is 1. The van der Waals surface area contributed by atoms with E-state index < -0.39 is 0 Å². The molecule has 0 aromatic heterocycles. The quantitative estimate of drug-likeness (QED) is 0.789. The Labute approximate surface area is 167 Å². The average molecular weight is 389 g/mol. The van der Waals surface area contributed by atoms with Crippen LogP contribution in [0.2, 0.25) is 0 Å². The van der Waals surface area contributed by atoms with Crippen LogP contribution in [0.5, 0.6) is 0 Å². The molecule has 2 saturated heterocycles. The molecule has 0 saturated carbocycles. The van der Waals surface area contributed by atoms with Crippen molar-refractivity contribution >= 4 is 17.5 Å². The molecule has 7 nitrogen and oxygen atoms in total. The number of carbonyl (C=O) groups excluding carboxylic acids is 2. The minimum Gasteiger partial charge on any atom is -0.378 e. The number of para-hydroxylation sites is 1. The smallest absolute Gasteiger partial charge is 0.239 e. The van der Waals surface area contributed by atoms with E-state index in [1.807, 2.05) is 36.1 Å². The molecule has 0 bridgehead atoms. The number of ether oxygens (including phenoxy) is 1. The fourth-order valence-corrected chi connectivity index (χ4v) is 3.86. The van der Waals surface area contributed by atoms with E-state index in [1.54, 1.807) is 0 Å². The minimum atomic E-state index is -0.120. The van der Waals surface area contributed by atoms with E-state index in [-0.39, 0.29) is 17.9 Å². The maximum Gasteiger partial charge on any atom is 0.239 e. The Morgan fingerprint density at radius 1 is 1.07 bits per heavy atom. The molecule has 28 heavy (non-hydrogen) atoms. The summed E-state index contributed by atoms with van der Waals surface area (Å²) in [6, 6.07) is 7.81. The monoisotopic (exact) mass is 388 g/mol. The van der Waals surface area contributed by atoms with Gasteiger partial charge in [0.1, 0.15) is 0 Å². The van der Waals surface area contributed by atoms with E-state index in [1.165, 1.54) is 0 Å². The second-order valence-electron chi connectivity index (χ2n) is 7.48. The zero-order valence-corrected chi connectivity index (χ0v) is 17.0. The van der Waals surface area contributed by atoms with E-state index in [2.05, 4.69) is 22.0 Å². The Bertz CT molecular complexity index is 667. The summed E-state index contributed by atoms with van der Waals surface area (Å²) in [5, 5.41) is 3.04. The summed E-state index contributed by atoms with van der Waals surface area (Å²) >= 11 is 0. The van der Waals surface area contributed by atoms with Crippen LogP contribution in [0.15, 0.2) is 24.3 Å². The van der Waals surface area contributed by atoms with Crippen molar-refractivity contribution in [3.63, 3.8) is 0 Å². The zero-order valence-electron chi connectivity index (χ0n) is 17.0. The molecule has 0 aliphatic carbocycles. The summed E-state index contributed by atoms with van der Waals surface area (Å²) in [5.41, 5.74) is 2.05. The van der Waals surface area contributed by atoms with Crippen LogP contribution in [0.1, 0.15) is 19.4 Å². The number of nitrogens with one attached hydrogen (secondary N) is 1. The van der Waals surface area contributed by atoms with Crippen molar-refractivity contribution < 1.29 is 14.3 Å². The fourth-order valence-electron chi connectivity index (χ4n) is 3.86. The van der Waals surface area contributed by atoms with E-state index >= 15 is 0 Å². The van der Waals surface area contributed by atoms with Gasteiger partial charge in [-0.05, 0) is 25.0 Å². The number of aryl methyl sites for hydroxylation is 1. The largest absolute Gasteiger partial charge is 0.378 e. The van der Waals surface area contributed by atoms with Crippen LogP contribution in [0.3, 0.4) is 0 Å². The van der Waals surface area contributed by atoms with Gasteiger partial charge in [-0.3, -0.25) is 19.4 Å². The lowest BCUT2D eigenvalue weighted by molar-refractivity contribution is -0.141. The second-order valence-corrected chi connectivity index (χ2v) is 7.48.